The Morgan fingerprint density at radius 1 is 1.19 bits per heavy atom. The highest BCUT2D eigenvalue weighted by Gasteiger charge is 2.11. The molecule has 1 amide bonds. The van der Waals surface area contributed by atoms with E-state index >= 15 is 0 Å². The van der Waals surface area contributed by atoms with Crippen molar-refractivity contribution < 1.29 is 9.90 Å². The third-order valence-corrected chi connectivity index (χ3v) is 3.60. The molecule has 5 heteroatoms. The lowest BCUT2D eigenvalue weighted by Crippen LogP contribution is -2.22. The molecule has 21 heavy (non-hydrogen) atoms. The second-order valence-corrected chi connectivity index (χ2v) is 5.82. The smallest absolute Gasteiger partial charge is 0.255 e. The van der Waals surface area contributed by atoms with Gasteiger partial charge in [0.25, 0.3) is 5.91 Å². The Morgan fingerprint density at radius 3 is 2.48 bits per heavy atom. The van der Waals surface area contributed by atoms with Crippen molar-refractivity contribution in [3.63, 3.8) is 0 Å². The summed E-state index contributed by atoms with van der Waals surface area (Å²) >= 11 is 3.29. The Kier molecular flexibility index (Phi) is 4.85. The first kappa shape index (κ1) is 15.4. The van der Waals surface area contributed by atoms with Gasteiger partial charge in [-0.05, 0) is 35.9 Å². The summed E-state index contributed by atoms with van der Waals surface area (Å²) in [5, 5.41) is 12.5. The van der Waals surface area contributed by atoms with Crippen LogP contribution in [0.4, 0.5) is 5.69 Å². The molecule has 2 N–H and O–H groups in total. The van der Waals surface area contributed by atoms with Crippen molar-refractivity contribution in [1.29, 1.82) is 0 Å². The predicted molar refractivity (Wildman–Crippen MR) is 87.7 cm³/mol. The molecule has 2 aromatic carbocycles. The summed E-state index contributed by atoms with van der Waals surface area (Å²) in [4.78, 5) is 14.1. The Morgan fingerprint density at radius 2 is 1.86 bits per heavy atom. The minimum absolute atomic E-state index is 0.0290. The molecule has 0 fully saturated rings. The van der Waals surface area contributed by atoms with Gasteiger partial charge in [-0.1, -0.05) is 28.1 Å². The lowest BCUT2D eigenvalue weighted by molar-refractivity contribution is 0.0948. The number of nitrogens with zero attached hydrogens (tertiary/aromatic N) is 1. The van der Waals surface area contributed by atoms with Crippen molar-refractivity contribution in [2.45, 2.75) is 6.54 Å². The number of nitrogens with one attached hydrogen (secondary N) is 1. The Bertz CT molecular complexity index is 639. The van der Waals surface area contributed by atoms with E-state index in [1.54, 1.807) is 12.1 Å². The fourth-order valence-electron chi connectivity index (χ4n) is 1.88. The lowest BCUT2D eigenvalue weighted by atomic mass is 10.1. The summed E-state index contributed by atoms with van der Waals surface area (Å²) in [7, 11) is 3.96. The van der Waals surface area contributed by atoms with E-state index in [1.165, 1.54) is 6.07 Å². The van der Waals surface area contributed by atoms with E-state index in [9.17, 15) is 9.90 Å². The van der Waals surface area contributed by atoms with Crippen LogP contribution in [0.2, 0.25) is 0 Å². The number of phenols is 1. The maximum atomic E-state index is 12.1. The predicted octanol–water partition coefficient (Wildman–Crippen LogP) is 3.15. The third kappa shape index (κ3) is 3.98. The van der Waals surface area contributed by atoms with Gasteiger partial charge in [0.15, 0.2) is 0 Å². The Hall–Kier alpha value is -2.01. The zero-order valence-electron chi connectivity index (χ0n) is 11.9. The van der Waals surface area contributed by atoms with Crippen molar-refractivity contribution in [3.05, 3.63) is 58.1 Å². The monoisotopic (exact) mass is 348 g/mol. The number of anilines is 1. The normalized spacial score (nSPS) is 10.2. The SMILES string of the molecule is CN(C)c1ccc(CNC(=O)c2cc(Br)ccc2O)cc1. The van der Waals surface area contributed by atoms with Gasteiger partial charge in [0, 0.05) is 30.8 Å². The maximum absolute atomic E-state index is 12.1. The van der Waals surface area contributed by atoms with Crippen LogP contribution in [0.25, 0.3) is 0 Å². The number of phenolic OH excluding ortho intramolecular Hbond substituents is 1. The summed E-state index contributed by atoms with van der Waals surface area (Å²) in [6, 6.07) is 12.7. The van der Waals surface area contributed by atoms with Gasteiger partial charge in [-0.2, -0.15) is 0 Å². The highest BCUT2D eigenvalue weighted by atomic mass is 79.9. The van der Waals surface area contributed by atoms with Gasteiger partial charge >= 0.3 is 0 Å². The summed E-state index contributed by atoms with van der Waals surface area (Å²) in [6.07, 6.45) is 0. The van der Waals surface area contributed by atoms with Gasteiger partial charge in [-0.15, -0.1) is 0 Å². The average Bonchev–Trinajstić information content (AvgIpc) is 2.47. The van der Waals surface area contributed by atoms with Gasteiger partial charge in [-0.3, -0.25) is 4.79 Å². The number of halogens is 1. The van der Waals surface area contributed by atoms with Gasteiger partial charge in [0.2, 0.25) is 0 Å². The highest BCUT2D eigenvalue weighted by Crippen LogP contribution is 2.21. The average molecular weight is 349 g/mol. The zero-order valence-corrected chi connectivity index (χ0v) is 13.5. The van der Waals surface area contributed by atoms with Crippen molar-refractivity contribution in [2.75, 3.05) is 19.0 Å². The van der Waals surface area contributed by atoms with Crippen LogP contribution in [0, 0.1) is 0 Å². The number of rotatable bonds is 4. The standard InChI is InChI=1S/C16H17BrN2O2/c1-19(2)13-6-3-11(4-7-13)10-18-16(21)14-9-12(17)5-8-15(14)20/h3-9,20H,10H2,1-2H3,(H,18,21). The number of amides is 1. The quantitative estimate of drug-likeness (QED) is 0.892. The molecule has 0 aliphatic carbocycles. The molecule has 110 valence electrons. The third-order valence-electron chi connectivity index (χ3n) is 3.11. The van der Waals surface area contributed by atoms with Crippen LogP contribution in [-0.2, 0) is 6.54 Å². The van der Waals surface area contributed by atoms with Gasteiger partial charge < -0.3 is 15.3 Å². The summed E-state index contributed by atoms with van der Waals surface area (Å²) < 4.78 is 0.751. The van der Waals surface area contributed by atoms with E-state index in [-0.39, 0.29) is 17.2 Å². The van der Waals surface area contributed by atoms with Gasteiger partial charge in [0.1, 0.15) is 5.75 Å². The molecule has 0 saturated carbocycles. The summed E-state index contributed by atoms with van der Waals surface area (Å²) in [6.45, 7) is 0.415. The Balaban J connectivity index is 2.02. The molecule has 2 rings (SSSR count). The lowest BCUT2D eigenvalue weighted by Gasteiger charge is -2.13. The molecule has 0 aliphatic heterocycles. The molecule has 0 spiro atoms. The van der Waals surface area contributed by atoms with Crippen LogP contribution in [0.5, 0.6) is 5.75 Å². The molecule has 2 aromatic rings. The number of aromatic hydroxyl groups is 1. The minimum Gasteiger partial charge on any atom is -0.507 e. The van der Waals surface area contributed by atoms with E-state index in [2.05, 4.69) is 21.2 Å². The number of hydrogen-bond acceptors (Lipinski definition) is 3. The van der Waals surface area contributed by atoms with Crippen LogP contribution in [0.1, 0.15) is 15.9 Å². The van der Waals surface area contributed by atoms with Crippen LogP contribution in [-0.4, -0.2) is 25.1 Å². The molecule has 0 radical (unpaired) electrons. The molecule has 4 nitrogen and oxygen atoms in total. The zero-order chi connectivity index (χ0) is 15.4. The van der Waals surface area contributed by atoms with Crippen molar-refractivity contribution in [3.8, 4) is 5.75 Å². The number of carbonyl (C=O) groups excluding carboxylic acids is 1. The van der Waals surface area contributed by atoms with Crippen molar-refractivity contribution in [1.82, 2.24) is 5.32 Å². The van der Waals surface area contributed by atoms with E-state index in [1.807, 2.05) is 43.3 Å². The highest BCUT2D eigenvalue weighted by molar-refractivity contribution is 9.10. The number of benzene rings is 2. The van der Waals surface area contributed by atoms with E-state index in [0.717, 1.165) is 15.7 Å². The fourth-order valence-corrected chi connectivity index (χ4v) is 2.24. The van der Waals surface area contributed by atoms with Crippen molar-refractivity contribution >= 4 is 27.5 Å². The van der Waals surface area contributed by atoms with Crippen LogP contribution < -0.4 is 10.2 Å². The van der Waals surface area contributed by atoms with Crippen LogP contribution in [0.3, 0.4) is 0 Å². The van der Waals surface area contributed by atoms with Gasteiger partial charge in [-0.25, -0.2) is 0 Å². The molecule has 0 aliphatic rings. The molecule has 0 aromatic heterocycles. The fraction of sp³-hybridized carbons (Fsp3) is 0.188. The minimum atomic E-state index is -0.300. The first-order valence-electron chi connectivity index (χ1n) is 6.50. The van der Waals surface area contributed by atoms with Crippen molar-refractivity contribution in [2.24, 2.45) is 0 Å². The summed E-state index contributed by atoms with van der Waals surface area (Å²) in [5.41, 5.74) is 2.37. The van der Waals surface area contributed by atoms with E-state index in [4.69, 9.17) is 0 Å². The molecule has 0 saturated heterocycles. The van der Waals surface area contributed by atoms with Gasteiger partial charge in [0.05, 0.1) is 5.56 Å². The topological polar surface area (TPSA) is 52.6 Å². The number of hydrogen-bond donors (Lipinski definition) is 2. The van der Waals surface area contributed by atoms with Crippen LogP contribution >= 0.6 is 15.9 Å². The Labute approximate surface area is 132 Å². The van der Waals surface area contributed by atoms with Crippen LogP contribution in [0.15, 0.2) is 46.9 Å². The second-order valence-electron chi connectivity index (χ2n) is 4.91. The van der Waals surface area contributed by atoms with E-state index < -0.39 is 0 Å². The molecular formula is C16H17BrN2O2. The molecular weight excluding hydrogens is 332 g/mol. The number of carbonyl (C=O) groups is 1. The summed E-state index contributed by atoms with van der Waals surface area (Å²) in [5.74, 6) is -0.329. The second kappa shape index (κ2) is 6.63. The molecule has 0 atom stereocenters. The molecule has 0 unspecified atom stereocenters. The largest absolute Gasteiger partial charge is 0.507 e. The maximum Gasteiger partial charge on any atom is 0.255 e. The molecule has 0 heterocycles. The molecule has 0 bridgehead atoms. The first-order valence-corrected chi connectivity index (χ1v) is 7.29. The van der Waals surface area contributed by atoms with E-state index in [0.29, 0.717) is 6.54 Å². The first-order chi connectivity index (χ1) is 9.97.